The molecule has 0 aliphatic heterocycles. The first-order chi connectivity index (χ1) is 12.8. The highest BCUT2D eigenvalue weighted by molar-refractivity contribution is 7.09. The summed E-state index contributed by atoms with van der Waals surface area (Å²) in [5, 5.41) is 1.86. The van der Waals surface area contributed by atoms with Crippen LogP contribution in [0.15, 0.2) is 41.5 Å². The van der Waals surface area contributed by atoms with E-state index in [0.29, 0.717) is 5.69 Å². The van der Waals surface area contributed by atoms with Crippen molar-refractivity contribution in [3.8, 4) is 0 Å². The van der Waals surface area contributed by atoms with Gasteiger partial charge in [-0.2, -0.15) is 4.99 Å². The van der Waals surface area contributed by atoms with Crippen molar-refractivity contribution in [3.63, 3.8) is 0 Å². The van der Waals surface area contributed by atoms with E-state index in [4.69, 9.17) is 0 Å². The summed E-state index contributed by atoms with van der Waals surface area (Å²) in [5.74, 6) is 0.453. The molecule has 140 valence electrons. The highest BCUT2D eigenvalue weighted by Crippen LogP contribution is 2.33. The van der Waals surface area contributed by atoms with E-state index in [2.05, 4.69) is 42.2 Å². The van der Waals surface area contributed by atoms with Crippen molar-refractivity contribution in [2.75, 3.05) is 0 Å². The number of pyridine rings is 1. The summed E-state index contributed by atoms with van der Waals surface area (Å²) in [6.45, 7) is 9.74. The second-order valence-corrected chi connectivity index (χ2v) is 9.38. The number of carbonyl (C=O) groups is 1. The Balaban J connectivity index is 1.84. The topological polar surface area (TPSA) is 47.2 Å². The number of benzene rings is 1. The minimum Gasteiger partial charge on any atom is -0.320 e. The fourth-order valence-corrected chi connectivity index (χ4v) is 4.67. The molecule has 4 rings (SSSR count). The Hall–Kier alpha value is -2.27. The predicted octanol–water partition coefficient (Wildman–Crippen LogP) is 4.85. The fourth-order valence-electron chi connectivity index (χ4n) is 3.47. The summed E-state index contributed by atoms with van der Waals surface area (Å²) in [7, 11) is 0. The molecule has 1 saturated carbocycles. The first-order valence-electron chi connectivity index (χ1n) is 9.48. The van der Waals surface area contributed by atoms with Gasteiger partial charge in [-0.25, -0.2) is 0 Å². The summed E-state index contributed by atoms with van der Waals surface area (Å²) in [5.41, 5.74) is 1.69. The molecular formula is C22H25N3OS. The standard InChI is InChI=1S/C22H25N3OS/c1-14-19(22(2,3)4)27-21(25(14)13-15-9-10-15)24-20(26)18-17-8-6-5-7-16(17)11-12-23-18/h5-8,11-12,15H,9-10,13H2,1-4H3. The zero-order chi connectivity index (χ0) is 19.2. The van der Waals surface area contributed by atoms with Crippen molar-refractivity contribution in [3.05, 3.63) is 57.6 Å². The highest BCUT2D eigenvalue weighted by Gasteiger charge is 2.27. The molecule has 0 atom stereocenters. The molecule has 2 aromatic heterocycles. The number of amides is 1. The molecule has 0 unspecified atom stereocenters. The maximum absolute atomic E-state index is 13.0. The fraction of sp³-hybridized carbons (Fsp3) is 0.409. The van der Waals surface area contributed by atoms with E-state index >= 15 is 0 Å². The van der Waals surface area contributed by atoms with Gasteiger partial charge in [-0.15, -0.1) is 11.3 Å². The zero-order valence-electron chi connectivity index (χ0n) is 16.3. The van der Waals surface area contributed by atoms with E-state index in [1.807, 2.05) is 30.3 Å². The monoisotopic (exact) mass is 379 g/mol. The van der Waals surface area contributed by atoms with Gasteiger partial charge >= 0.3 is 0 Å². The summed E-state index contributed by atoms with van der Waals surface area (Å²) in [6.07, 6.45) is 4.22. The molecule has 1 aliphatic carbocycles. The van der Waals surface area contributed by atoms with E-state index in [-0.39, 0.29) is 11.3 Å². The normalized spacial score (nSPS) is 15.5. The molecular weight excluding hydrogens is 354 g/mol. The molecule has 0 bridgehead atoms. The summed E-state index contributed by atoms with van der Waals surface area (Å²) < 4.78 is 2.24. The number of hydrogen-bond donors (Lipinski definition) is 0. The van der Waals surface area contributed by atoms with Crippen molar-refractivity contribution < 1.29 is 4.79 Å². The van der Waals surface area contributed by atoms with Crippen molar-refractivity contribution >= 4 is 28.0 Å². The third kappa shape index (κ3) is 3.61. The molecule has 1 aliphatic rings. The Morgan fingerprint density at radius 3 is 2.70 bits per heavy atom. The molecule has 3 aromatic rings. The van der Waals surface area contributed by atoms with Crippen LogP contribution in [0.3, 0.4) is 0 Å². The van der Waals surface area contributed by atoms with Gasteiger partial charge in [-0.3, -0.25) is 9.78 Å². The van der Waals surface area contributed by atoms with Crippen LogP contribution in [-0.4, -0.2) is 15.5 Å². The predicted molar refractivity (Wildman–Crippen MR) is 110 cm³/mol. The number of aromatic nitrogens is 2. The van der Waals surface area contributed by atoms with Crippen molar-refractivity contribution in [2.24, 2.45) is 10.9 Å². The van der Waals surface area contributed by atoms with Crippen molar-refractivity contribution in [1.82, 2.24) is 9.55 Å². The van der Waals surface area contributed by atoms with Crippen LogP contribution in [0.25, 0.3) is 10.8 Å². The van der Waals surface area contributed by atoms with Crippen LogP contribution in [0.1, 0.15) is 54.7 Å². The molecule has 1 amide bonds. The maximum atomic E-state index is 13.0. The van der Waals surface area contributed by atoms with Crippen LogP contribution in [0.5, 0.6) is 0 Å². The van der Waals surface area contributed by atoms with Gasteiger partial charge in [-0.1, -0.05) is 45.0 Å². The van der Waals surface area contributed by atoms with Crippen LogP contribution in [0, 0.1) is 12.8 Å². The molecule has 5 heteroatoms. The summed E-state index contributed by atoms with van der Waals surface area (Å²) in [6, 6.07) is 9.75. The molecule has 1 aromatic carbocycles. The Morgan fingerprint density at radius 2 is 2.00 bits per heavy atom. The lowest BCUT2D eigenvalue weighted by Crippen LogP contribution is -2.20. The van der Waals surface area contributed by atoms with Crippen LogP contribution < -0.4 is 4.80 Å². The Kier molecular flexibility index (Phi) is 4.50. The first kappa shape index (κ1) is 18.1. The van der Waals surface area contributed by atoms with Gasteiger partial charge in [0.2, 0.25) is 0 Å². The highest BCUT2D eigenvalue weighted by atomic mass is 32.1. The largest absolute Gasteiger partial charge is 0.320 e. The van der Waals surface area contributed by atoms with E-state index < -0.39 is 0 Å². The van der Waals surface area contributed by atoms with Crippen LogP contribution >= 0.6 is 11.3 Å². The Bertz CT molecular complexity index is 1080. The molecule has 0 saturated heterocycles. The average molecular weight is 380 g/mol. The number of thiazole rings is 1. The van der Waals surface area contributed by atoms with Crippen molar-refractivity contribution in [2.45, 2.75) is 52.5 Å². The van der Waals surface area contributed by atoms with Crippen LogP contribution in [0.4, 0.5) is 0 Å². The van der Waals surface area contributed by atoms with Crippen molar-refractivity contribution in [1.29, 1.82) is 0 Å². The minimum absolute atomic E-state index is 0.0363. The van der Waals surface area contributed by atoms with Gasteiger partial charge in [0.15, 0.2) is 4.80 Å². The Morgan fingerprint density at radius 1 is 1.26 bits per heavy atom. The third-order valence-corrected chi connectivity index (χ3v) is 6.66. The molecule has 0 N–H and O–H groups in total. The van der Waals surface area contributed by atoms with E-state index in [1.165, 1.54) is 23.4 Å². The summed E-state index contributed by atoms with van der Waals surface area (Å²) >= 11 is 1.64. The van der Waals surface area contributed by atoms with Gasteiger partial charge in [0, 0.05) is 28.7 Å². The smallest absolute Gasteiger partial charge is 0.298 e. The number of fused-ring (bicyclic) bond motifs is 1. The molecule has 27 heavy (non-hydrogen) atoms. The average Bonchev–Trinajstić information content (AvgIpc) is 3.39. The Labute approximate surface area is 163 Å². The maximum Gasteiger partial charge on any atom is 0.298 e. The number of rotatable bonds is 3. The van der Waals surface area contributed by atoms with Gasteiger partial charge < -0.3 is 4.57 Å². The van der Waals surface area contributed by atoms with Gasteiger partial charge in [0.1, 0.15) is 5.69 Å². The number of hydrogen-bond acceptors (Lipinski definition) is 3. The zero-order valence-corrected chi connectivity index (χ0v) is 17.1. The second kappa shape index (κ2) is 6.71. The van der Waals surface area contributed by atoms with Gasteiger partial charge in [0.25, 0.3) is 5.91 Å². The molecule has 0 spiro atoms. The quantitative estimate of drug-likeness (QED) is 0.653. The molecule has 4 nitrogen and oxygen atoms in total. The lowest BCUT2D eigenvalue weighted by molar-refractivity contribution is 0.0994. The van der Waals surface area contributed by atoms with Gasteiger partial charge in [0.05, 0.1) is 0 Å². The van der Waals surface area contributed by atoms with E-state index in [0.717, 1.165) is 28.0 Å². The molecule has 2 heterocycles. The van der Waals surface area contributed by atoms with Crippen LogP contribution in [0.2, 0.25) is 0 Å². The third-order valence-electron chi connectivity index (χ3n) is 5.05. The lowest BCUT2D eigenvalue weighted by Gasteiger charge is -2.17. The first-order valence-corrected chi connectivity index (χ1v) is 10.3. The minimum atomic E-state index is -0.266. The van der Waals surface area contributed by atoms with Gasteiger partial charge in [-0.05, 0) is 42.6 Å². The number of carbonyl (C=O) groups excluding carboxylic acids is 1. The lowest BCUT2D eigenvalue weighted by atomic mass is 9.93. The number of nitrogens with zero attached hydrogens (tertiary/aromatic N) is 3. The molecule has 1 fully saturated rings. The second-order valence-electron chi connectivity index (χ2n) is 8.40. The van der Waals surface area contributed by atoms with E-state index in [9.17, 15) is 4.79 Å². The molecule has 0 radical (unpaired) electrons. The SMILES string of the molecule is Cc1c(C(C)(C)C)sc(=NC(=O)c2nccc3ccccc23)n1CC1CC1. The summed E-state index contributed by atoms with van der Waals surface area (Å²) in [4.78, 5) is 24.0. The van der Waals surface area contributed by atoms with Crippen LogP contribution in [-0.2, 0) is 12.0 Å². The van der Waals surface area contributed by atoms with E-state index in [1.54, 1.807) is 17.5 Å².